The van der Waals surface area contributed by atoms with Gasteiger partial charge in [0.25, 0.3) is 0 Å². The minimum absolute atomic E-state index is 0.152. The maximum absolute atomic E-state index is 11.6. The second kappa shape index (κ2) is 6.95. The number of amides is 1. The Bertz CT molecular complexity index is 1190. The summed E-state index contributed by atoms with van der Waals surface area (Å²) < 4.78 is 6.49. The van der Waals surface area contributed by atoms with Crippen LogP contribution < -0.4 is 11.1 Å². The number of aromatic nitrogens is 5. The van der Waals surface area contributed by atoms with Gasteiger partial charge in [-0.1, -0.05) is 6.07 Å². The molecule has 0 unspecified atom stereocenters. The van der Waals surface area contributed by atoms with Crippen LogP contribution >= 0.6 is 0 Å². The molecule has 1 amide bonds. The Labute approximate surface area is 160 Å². The average Bonchev–Trinajstić information content (AvgIpc) is 3.06. The van der Waals surface area contributed by atoms with E-state index in [0.717, 1.165) is 5.69 Å². The van der Waals surface area contributed by atoms with Crippen molar-refractivity contribution in [3.05, 3.63) is 54.5 Å². The van der Waals surface area contributed by atoms with Crippen LogP contribution in [0, 0.1) is 6.92 Å². The van der Waals surface area contributed by atoms with Crippen molar-refractivity contribution in [1.29, 1.82) is 0 Å². The molecule has 0 saturated carbocycles. The molecule has 0 aliphatic carbocycles. The first-order valence-electron chi connectivity index (χ1n) is 8.45. The zero-order valence-corrected chi connectivity index (χ0v) is 15.2. The van der Waals surface area contributed by atoms with E-state index in [9.17, 15) is 4.79 Å². The number of fused-ring (bicyclic) bond motifs is 1. The van der Waals surface area contributed by atoms with Crippen molar-refractivity contribution in [2.45, 2.75) is 6.92 Å². The number of nitrogen functional groups attached to an aromatic ring is 1. The molecule has 0 atom stereocenters. The van der Waals surface area contributed by atoms with Crippen LogP contribution in [-0.2, 0) is 4.74 Å². The van der Waals surface area contributed by atoms with Crippen LogP contribution in [0.3, 0.4) is 0 Å². The van der Waals surface area contributed by atoms with E-state index in [2.05, 4.69) is 25.0 Å². The smallest absolute Gasteiger partial charge is 0.411 e. The number of carbonyl (C=O) groups excluding carboxylic acids is 1. The quantitative estimate of drug-likeness (QED) is 0.565. The van der Waals surface area contributed by atoms with Gasteiger partial charge in [0.2, 0.25) is 5.95 Å². The van der Waals surface area contributed by atoms with Gasteiger partial charge < -0.3 is 10.5 Å². The SMILES string of the molecule is COC(=O)Nc1ccc2nc(-c3cccc(C)n3)c(-c3ccnc(N)n3)n2c1. The molecule has 4 heterocycles. The summed E-state index contributed by atoms with van der Waals surface area (Å²) in [5.41, 5.74) is 10.5. The molecule has 0 saturated heterocycles. The van der Waals surface area contributed by atoms with E-state index < -0.39 is 6.09 Å². The van der Waals surface area contributed by atoms with E-state index in [-0.39, 0.29) is 5.95 Å². The molecular formula is C19H17N7O2. The Morgan fingerprint density at radius 3 is 2.71 bits per heavy atom. The highest BCUT2D eigenvalue weighted by Gasteiger charge is 2.19. The maximum Gasteiger partial charge on any atom is 0.411 e. The summed E-state index contributed by atoms with van der Waals surface area (Å²) in [4.78, 5) is 29.2. The van der Waals surface area contributed by atoms with E-state index in [0.29, 0.717) is 34.1 Å². The highest BCUT2D eigenvalue weighted by atomic mass is 16.5. The van der Waals surface area contributed by atoms with Gasteiger partial charge in [0, 0.05) is 18.1 Å². The zero-order chi connectivity index (χ0) is 19.7. The largest absolute Gasteiger partial charge is 0.453 e. The van der Waals surface area contributed by atoms with Crippen molar-refractivity contribution >= 4 is 23.4 Å². The van der Waals surface area contributed by atoms with Gasteiger partial charge in [-0.25, -0.2) is 19.7 Å². The summed E-state index contributed by atoms with van der Waals surface area (Å²) in [5, 5.41) is 2.65. The lowest BCUT2D eigenvalue weighted by atomic mass is 10.1. The number of nitrogens with one attached hydrogen (secondary N) is 1. The molecule has 4 aromatic heterocycles. The number of anilines is 2. The van der Waals surface area contributed by atoms with Crippen LogP contribution in [0.15, 0.2) is 48.8 Å². The third-order valence-electron chi connectivity index (χ3n) is 4.10. The first kappa shape index (κ1) is 17.4. The van der Waals surface area contributed by atoms with E-state index in [1.54, 1.807) is 30.6 Å². The third kappa shape index (κ3) is 3.20. The summed E-state index contributed by atoms with van der Waals surface area (Å²) in [5.74, 6) is 0.152. The van der Waals surface area contributed by atoms with Gasteiger partial charge in [0.05, 0.1) is 24.2 Å². The van der Waals surface area contributed by atoms with Crippen LogP contribution in [0.5, 0.6) is 0 Å². The lowest BCUT2D eigenvalue weighted by molar-refractivity contribution is 0.187. The van der Waals surface area contributed by atoms with Crippen LogP contribution in [0.1, 0.15) is 5.69 Å². The monoisotopic (exact) mass is 375 g/mol. The Morgan fingerprint density at radius 1 is 1.11 bits per heavy atom. The first-order chi connectivity index (χ1) is 13.5. The molecule has 4 rings (SSSR count). The van der Waals surface area contributed by atoms with E-state index >= 15 is 0 Å². The Kier molecular flexibility index (Phi) is 4.32. The molecule has 0 spiro atoms. The van der Waals surface area contributed by atoms with Gasteiger partial charge in [-0.05, 0) is 37.3 Å². The molecule has 0 aromatic carbocycles. The minimum atomic E-state index is -0.562. The van der Waals surface area contributed by atoms with E-state index in [1.807, 2.05) is 29.5 Å². The van der Waals surface area contributed by atoms with Gasteiger partial charge in [0.15, 0.2) is 0 Å². The molecule has 0 aliphatic rings. The molecule has 0 bridgehead atoms. The molecule has 3 N–H and O–H groups in total. The summed E-state index contributed by atoms with van der Waals surface area (Å²) >= 11 is 0. The first-order valence-corrected chi connectivity index (χ1v) is 8.45. The second-order valence-electron chi connectivity index (χ2n) is 6.04. The Morgan fingerprint density at radius 2 is 1.96 bits per heavy atom. The standard InChI is InChI=1S/C19H17N7O2/c1-11-4-3-5-13(22-11)16-17(14-8-9-21-18(20)24-14)26-10-12(23-19(27)28-2)6-7-15(26)25-16/h3-10H,1-2H3,(H,23,27)(H2,20,21,24). The molecule has 28 heavy (non-hydrogen) atoms. The molecule has 4 aromatic rings. The van der Waals surface area contributed by atoms with Gasteiger partial charge in [0.1, 0.15) is 17.0 Å². The molecule has 0 aliphatic heterocycles. The van der Waals surface area contributed by atoms with Crippen molar-refractivity contribution in [1.82, 2.24) is 24.3 Å². The van der Waals surface area contributed by atoms with Crippen molar-refractivity contribution in [2.24, 2.45) is 0 Å². The highest BCUT2D eigenvalue weighted by Crippen LogP contribution is 2.32. The Hall–Kier alpha value is -4.01. The average molecular weight is 375 g/mol. The van der Waals surface area contributed by atoms with Crippen LogP contribution in [0.4, 0.5) is 16.4 Å². The van der Waals surface area contributed by atoms with Crippen LogP contribution in [0.25, 0.3) is 28.4 Å². The number of rotatable bonds is 3. The predicted molar refractivity (Wildman–Crippen MR) is 105 cm³/mol. The summed E-state index contributed by atoms with van der Waals surface area (Å²) in [6, 6.07) is 11.0. The number of imidazole rings is 1. The summed E-state index contributed by atoms with van der Waals surface area (Å²) in [6.45, 7) is 1.92. The molecular weight excluding hydrogens is 358 g/mol. The normalized spacial score (nSPS) is 10.8. The number of hydrogen-bond donors (Lipinski definition) is 2. The molecule has 9 nitrogen and oxygen atoms in total. The lowest BCUT2D eigenvalue weighted by Crippen LogP contribution is -2.11. The van der Waals surface area contributed by atoms with Gasteiger partial charge in [-0.2, -0.15) is 0 Å². The number of hydrogen-bond acceptors (Lipinski definition) is 7. The highest BCUT2D eigenvalue weighted by molar-refractivity contribution is 5.85. The molecule has 0 radical (unpaired) electrons. The van der Waals surface area contributed by atoms with Gasteiger partial charge in [-0.15, -0.1) is 0 Å². The van der Waals surface area contributed by atoms with E-state index in [1.165, 1.54) is 7.11 Å². The van der Waals surface area contributed by atoms with Crippen molar-refractivity contribution < 1.29 is 9.53 Å². The summed E-state index contributed by atoms with van der Waals surface area (Å²) in [6.07, 6.45) is 2.76. The van der Waals surface area contributed by atoms with Crippen molar-refractivity contribution in [3.63, 3.8) is 0 Å². The Balaban J connectivity index is 1.98. The fourth-order valence-corrected chi connectivity index (χ4v) is 2.89. The zero-order valence-electron chi connectivity index (χ0n) is 15.2. The number of ether oxygens (including phenoxy) is 1. The summed E-state index contributed by atoms with van der Waals surface area (Å²) in [7, 11) is 1.31. The van der Waals surface area contributed by atoms with Gasteiger partial charge in [-0.3, -0.25) is 14.7 Å². The predicted octanol–water partition coefficient (Wildman–Crippen LogP) is 2.92. The van der Waals surface area contributed by atoms with Crippen molar-refractivity contribution in [2.75, 3.05) is 18.2 Å². The third-order valence-corrected chi connectivity index (χ3v) is 4.10. The number of methoxy groups -OCH3 is 1. The van der Waals surface area contributed by atoms with E-state index in [4.69, 9.17) is 10.7 Å². The number of aryl methyl sites for hydroxylation is 1. The molecule has 9 heteroatoms. The van der Waals surface area contributed by atoms with Crippen LogP contribution in [0.2, 0.25) is 0 Å². The number of pyridine rings is 2. The van der Waals surface area contributed by atoms with Crippen molar-refractivity contribution in [3.8, 4) is 22.8 Å². The van der Waals surface area contributed by atoms with Crippen LogP contribution in [-0.4, -0.2) is 37.5 Å². The maximum atomic E-state index is 11.6. The molecule has 0 fully saturated rings. The number of carbonyl (C=O) groups is 1. The minimum Gasteiger partial charge on any atom is -0.453 e. The fourth-order valence-electron chi connectivity index (χ4n) is 2.89. The fraction of sp³-hybridized carbons (Fsp3) is 0.105. The number of nitrogens with two attached hydrogens (primary N) is 1. The van der Waals surface area contributed by atoms with Gasteiger partial charge >= 0.3 is 6.09 Å². The molecule has 140 valence electrons. The second-order valence-corrected chi connectivity index (χ2v) is 6.04. The topological polar surface area (TPSA) is 120 Å². The lowest BCUT2D eigenvalue weighted by Gasteiger charge is -2.08. The number of nitrogens with zero attached hydrogens (tertiary/aromatic N) is 5.